The molecule has 0 N–H and O–H groups in total. The first kappa shape index (κ1) is 12.4. The molecule has 0 radical (unpaired) electrons. The molecule has 98 valence electrons. The third-order valence-electron chi connectivity index (χ3n) is 3.68. The number of hydrogen-bond acceptors (Lipinski definition) is 3. The van der Waals surface area contributed by atoms with E-state index in [0.717, 1.165) is 24.3 Å². The fourth-order valence-corrected chi connectivity index (χ4v) is 2.71. The molecule has 0 atom stereocenters. The second kappa shape index (κ2) is 4.82. The van der Waals surface area contributed by atoms with Crippen LogP contribution < -0.4 is 4.90 Å². The van der Waals surface area contributed by atoms with Gasteiger partial charge < -0.3 is 4.90 Å². The van der Waals surface area contributed by atoms with Crippen LogP contribution in [0.1, 0.15) is 28.4 Å². The molecule has 3 nitrogen and oxygen atoms in total. The Kier molecular flexibility index (Phi) is 3.00. The van der Waals surface area contributed by atoms with Gasteiger partial charge in [0.05, 0.1) is 17.3 Å². The minimum atomic E-state index is 0.0221. The number of nitrogens with zero attached hydrogens (tertiary/aromatic N) is 2. The van der Waals surface area contributed by atoms with E-state index >= 15 is 0 Å². The van der Waals surface area contributed by atoms with Crippen LogP contribution in [0.15, 0.2) is 42.5 Å². The molecular weight excluding hydrogens is 248 g/mol. The number of rotatable bonds is 2. The minimum Gasteiger partial charge on any atom is -0.340 e. The highest BCUT2D eigenvalue weighted by molar-refractivity contribution is 6.01. The van der Waals surface area contributed by atoms with E-state index in [0.29, 0.717) is 11.1 Å². The van der Waals surface area contributed by atoms with Crippen LogP contribution in [0.5, 0.6) is 0 Å². The Morgan fingerprint density at radius 3 is 2.75 bits per heavy atom. The molecule has 0 saturated carbocycles. The predicted octanol–water partition coefficient (Wildman–Crippen LogP) is 3.46. The first-order valence-corrected chi connectivity index (χ1v) is 6.61. The van der Waals surface area contributed by atoms with Crippen molar-refractivity contribution >= 4 is 17.2 Å². The van der Waals surface area contributed by atoms with Gasteiger partial charge >= 0.3 is 0 Å². The lowest BCUT2D eigenvalue weighted by atomic mass is 10.1. The Labute approximate surface area is 118 Å². The molecule has 3 rings (SSSR count). The van der Waals surface area contributed by atoms with E-state index < -0.39 is 0 Å². The number of fused-ring (bicyclic) bond motifs is 1. The highest BCUT2D eigenvalue weighted by Crippen LogP contribution is 2.36. The zero-order valence-corrected chi connectivity index (χ0v) is 11.3. The highest BCUT2D eigenvalue weighted by Gasteiger charge is 2.23. The third-order valence-corrected chi connectivity index (χ3v) is 3.68. The van der Waals surface area contributed by atoms with Crippen molar-refractivity contribution in [1.82, 2.24) is 0 Å². The predicted molar refractivity (Wildman–Crippen MR) is 78.3 cm³/mol. The molecule has 3 heteroatoms. The van der Waals surface area contributed by atoms with E-state index in [2.05, 4.69) is 23.1 Å². The fraction of sp³-hybridized carbons (Fsp3) is 0.176. The topological polar surface area (TPSA) is 44.1 Å². The molecule has 0 amide bonds. The molecule has 0 aromatic heterocycles. The summed E-state index contributed by atoms with van der Waals surface area (Å²) in [6, 6.07) is 15.6. The lowest BCUT2D eigenvalue weighted by Crippen LogP contribution is -2.16. The van der Waals surface area contributed by atoms with Crippen molar-refractivity contribution in [3.8, 4) is 6.07 Å². The van der Waals surface area contributed by atoms with Crippen LogP contribution in [0.25, 0.3) is 0 Å². The standard InChI is InChI=1S/C17H14N2O/c1-12(20)15-7-6-13(11-18)10-17(15)19-9-8-14-4-2-3-5-16(14)19/h2-7,10H,8-9H2,1H3. The zero-order valence-electron chi connectivity index (χ0n) is 11.3. The molecule has 0 aliphatic carbocycles. The van der Waals surface area contributed by atoms with Gasteiger partial charge in [-0.05, 0) is 43.2 Å². The summed E-state index contributed by atoms with van der Waals surface area (Å²) >= 11 is 0. The number of carbonyl (C=O) groups excluding carboxylic acids is 1. The summed E-state index contributed by atoms with van der Waals surface area (Å²) in [5, 5.41) is 9.08. The van der Waals surface area contributed by atoms with Crippen LogP contribution >= 0.6 is 0 Å². The molecule has 20 heavy (non-hydrogen) atoms. The molecule has 0 unspecified atom stereocenters. The minimum absolute atomic E-state index is 0.0221. The van der Waals surface area contributed by atoms with Gasteiger partial charge in [-0.15, -0.1) is 0 Å². The fourth-order valence-electron chi connectivity index (χ4n) is 2.71. The molecule has 0 spiro atoms. The van der Waals surface area contributed by atoms with Gasteiger partial charge in [0.1, 0.15) is 0 Å². The van der Waals surface area contributed by atoms with E-state index in [-0.39, 0.29) is 5.78 Å². The molecular formula is C17H14N2O. The van der Waals surface area contributed by atoms with Crippen molar-refractivity contribution < 1.29 is 4.79 Å². The summed E-state index contributed by atoms with van der Waals surface area (Å²) in [7, 11) is 0. The van der Waals surface area contributed by atoms with Gasteiger partial charge in [0.15, 0.2) is 5.78 Å². The molecule has 1 aliphatic heterocycles. The van der Waals surface area contributed by atoms with E-state index in [9.17, 15) is 4.79 Å². The number of anilines is 2. The van der Waals surface area contributed by atoms with Gasteiger partial charge in [-0.2, -0.15) is 5.26 Å². The lowest BCUT2D eigenvalue weighted by Gasteiger charge is -2.22. The second-order valence-electron chi connectivity index (χ2n) is 4.93. The Morgan fingerprint density at radius 1 is 1.20 bits per heavy atom. The number of carbonyl (C=O) groups is 1. The van der Waals surface area contributed by atoms with E-state index in [4.69, 9.17) is 5.26 Å². The normalized spacial score (nSPS) is 12.9. The van der Waals surface area contributed by atoms with Crippen molar-refractivity contribution in [2.45, 2.75) is 13.3 Å². The summed E-state index contributed by atoms with van der Waals surface area (Å²) < 4.78 is 0. The molecule has 0 saturated heterocycles. The highest BCUT2D eigenvalue weighted by atomic mass is 16.1. The number of Topliss-reactive ketones (excluding diaryl/α,β-unsaturated/α-hetero) is 1. The Hall–Kier alpha value is -2.60. The number of nitriles is 1. The quantitative estimate of drug-likeness (QED) is 0.778. The van der Waals surface area contributed by atoms with Crippen molar-refractivity contribution in [3.63, 3.8) is 0 Å². The average Bonchev–Trinajstić information content (AvgIpc) is 2.90. The van der Waals surface area contributed by atoms with Crippen molar-refractivity contribution in [3.05, 3.63) is 59.2 Å². The second-order valence-corrected chi connectivity index (χ2v) is 4.93. The molecule has 0 bridgehead atoms. The molecule has 2 aromatic rings. The average molecular weight is 262 g/mol. The van der Waals surface area contributed by atoms with E-state index in [1.807, 2.05) is 12.1 Å². The van der Waals surface area contributed by atoms with E-state index in [1.54, 1.807) is 25.1 Å². The van der Waals surface area contributed by atoms with Crippen molar-refractivity contribution in [2.24, 2.45) is 0 Å². The van der Waals surface area contributed by atoms with Gasteiger partial charge in [-0.1, -0.05) is 18.2 Å². The van der Waals surface area contributed by atoms with Gasteiger partial charge in [0, 0.05) is 17.8 Å². The largest absolute Gasteiger partial charge is 0.340 e. The van der Waals surface area contributed by atoms with Crippen LogP contribution in [0.2, 0.25) is 0 Å². The van der Waals surface area contributed by atoms with Gasteiger partial charge in [0.25, 0.3) is 0 Å². The summed E-state index contributed by atoms with van der Waals surface area (Å²) in [5.41, 5.74) is 4.49. The number of para-hydroxylation sites is 1. The zero-order chi connectivity index (χ0) is 14.1. The Bertz CT molecular complexity index is 728. The van der Waals surface area contributed by atoms with Gasteiger partial charge in [-0.3, -0.25) is 4.79 Å². The van der Waals surface area contributed by atoms with Gasteiger partial charge in [0.2, 0.25) is 0 Å². The van der Waals surface area contributed by atoms with Gasteiger partial charge in [-0.25, -0.2) is 0 Å². The molecule has 1 aliphatic rings. The van der Waals surface area contributed by atoms with Crippen LogP contribution in [0, 0.1) is 11.3 Å². The maximum Gasteiger partial charge on any atom is 0.161 e. The summed E-state index contributed by atoms with van der Waals surface area (Å²) in [6.07, 6.45) is 0.963. The number of hydrogen-bond donors (Lipinski definition) is 0. The monoisotopic (exact) mass is 262 g/mol. The molecule has 2 aromatic carbocycles. The first-order valence-electron chi connectivity index (χ1n) is 6.61. The van der Waals surface area contributed by atoms with Crippen molar-refractivity contribution in [1.29, 1.82) is 5.26 Å². The maximum atomic E-state index is 11.8. The summed E-state index contributed by atoms with van der Waals surface area (Å²) in [6.45, 7) is 2.40. The SMILES string of the molecule is CC(=O)c1ccc(C#N)cc1N1CCc2ccccc21. The number of benzene rings is 2. The smallest absolute Gasteiger partial charge is 0.161 e. The molecule has 1 heterocycles. The molecule has 0 fully saturated rings. The van der Waals surface area contributed by atoms with Crippen LogP contribution in [0.4, 0.5) is 11.4 Å². The lowest BCUT2D eigenvalue weighted by molar-refractivity contribution is 0.101. The summed E-state index contributed by atoms with van der Waals surface area (Å²) in [4.78, 5) is 14.0. The first-order chi connectivity index (χ1) is 9.70. The van der Waals surface area contributed by atoms with E-state index in [1.165, 1.54) is 5.56 Å². The Balaban J connectivity index is 2.15. The van der Waals surface area contributed by atoms with Crippen LogP contribution in [0.3, 0.4) is 0 Å². The van der Waals surface area contributed by atoms with Crippen LogP contribution in [-0.2, 0) is 6.42 Å². The van der Waals surface area contributed by atoms with Crippen molar-refractivity contribution in [2.75, 3.05) is 11.4 Å². The Morgan fingerprint density at radius 2 is 2.00 bits per heavy atom. The number of ketones is 1. The maximum absolute atomic E-state index is 11.8. The summed E-state index contributed by atoms with van der Waals surface area (Å²) in [5.74, 6) is 0.0221. The third kappa shape index (κ3) is 1.96. The van der Waals surface area contributed by atoms with Crippen LogP contribution in [-0.4, -0.2) is 12.3 Å².